The summed E-state index contributed by atoms with van der Waals surface area (Å²) in [5, 5.41) is 0. The molecule has 1 spiro atoms. The molecule has 1 aromatic rings. The molecule has 2 fully saturated rings. The number of ether oxygens (including phenoxy) is 2. The Labute approximate surface area is 117 Å². The van der Waals surface area contributed by atoms with Gasteiger partial charge in [-0.15, -0.1) is 0 Å². The van der Waals surface area contributed by atoms with Crippen molar-refractivity contribution in [2.24, 2.45) is 10.4 Å². The Morgan fingerprint density at radius 2 is 1.75 bits per heavy atom. The molecule has 0 unspecified atom stereocenters. The van der Waals surface area contributed by atoms with Crippen molar-refractivity contribution in [3.8, 4) is 11.5 Å². The number of rotatable bonds is 2. The van der Waals surface area contributed by atoms with Crippen LogP contribution < -0.4 is 9.47 Å². The van der Waals surface area contributed by atoms with Crippen molar-refractivity contribution >= 4 is 6.08 Å². The van der Waals surface area contributed by atoms with Crippen LogP contribution in [0.15, 0.2) is 17.1 Å². The first kappa shape index (κ1) is 12.0. The predicted octanol–water partition coefficient (Wildman–Crippen LogP) is 2.87. The van der Waals surface area contributed by atoms with Gasteiger partial charge in [-0.05, 0) is 55.9 Å². The van der Waals surface area contributed by atoms with Crippen LogP contribution >= 0.6 is 0 Å². The molecule has 1 aromatic carbocycles. The number of hydrogen-bond donors (Lipinski definition) is 0. The van der Waals surface area contributed by atoms with E-state index in [1.807, 2.05) is 19.1 Å². The number of nitrogens with zero attached hydrogens (tertiary/aromatic N) is 1. The second kappa shape index (κ2) is 3.86. The number of aliphatic imine (C=N–C) groups is 1. The molecule has 4 heteroatoms. The van der Waals surface area contributed by atoms with Crippen LogP contribution in [0.2, 0.25) is 0 Å². The van der Waals surface area contributed by atoms with Crippen LogP contribution in [0.5, 0.6) is 11.5 Å². The molecule has 1 heterocycles. The van der Waals surface area contributed by atoms with Gasteiger partial charge >= 0.3 is 0 Å². The molecule has 0 aromatic heterocycles. The van der Waals surface area contributed by atoms with Crippen molar-refractivity contribution in [1.29, 1.82) is 0 Å². The highest BCUT2D eigenvalue weighted by molar-refractivity contribution is 5.53. The van der Waals surface area contributed by atoms with Crippen LogP contribution in [-0.4, -0.2) is 19.3 Å². The third kappa shape index (κ3) is 1.75. The Balaban J connectivity index is 1.73. The van der Waals surface area contributed by atoms with Gasteiger partial charge in [-0.1, -0.05) is 0 Å². The van der Waals surface area contributed by atoms with E-state index in [9.17, 15) is 4.79 Å². The molecule has 1 aliphatic heterocycles. The van der Waals surface area contributed by atoms with Gasteiger partial charge in [0.1, 0.15) is 0 Å². The Bertz CT molecular complexity index is 623. The van der Waals surface area contributed by atoms with Gasteiger partial charge in [-0.2, -0.15) is 4.99 Å². The second-order valence-corrected chi connectivity index (χ2v) is 6.43. The largest absolute Gasteiger partial charge is 0.489 e. The SMILES string of the molecule is Cc1cc2c(cc1C1(N=C=O)CC1)OCC1(CC1)CO2. The average Bonchev–Trinajstić information content (AvgIpc) is 3.32. The zero-order valence-corrected chi connectivity index (χ0v) is 11.6. The third-order valence-corrected chi connectivity index (χ3v) is 4.80. The average molecular weight is 271 g/mol. The van der Waals surface area contributed by atoms with E-state index in [-0.39, 0.29) is 11.0 Å². The zero-order chi connectivity index (χ0) is 13.8. The van der Waals surface area contributed by atoms with Gasteiger partial charge < -0.3 is 9.47 Å². The van der Waals surface area contributed by atoms with Crippen LogP contribution in [0.25, 0.3) is 0 Å². The summed E-state index contributed by atoms with van der Waals surface area (Å²) in [6, 6.07) is 4.03. The maximum absolute atomic E-state index is 10.6. The molecular formula is C16H17NO3. The zero-order valence-electron chi connectivity index (χ0n) is 11.6. The summed E-state index contributed by atoms with van der Waals surface area (Å²) in [5.74, 6) is 1.61. The number of isocyanates is 1. The fourth-order valence-corrected chi connectivity index (χ4v) is 3.00. The monoisotopic (exact) mass is 271 g/mol. The van der Waals surface area contributed by atoms with Crippen molar-refractivity contribution in [2.45, 2.75) is 38.1 Å². The first-order valence-electron chi connectivity index (χ1n) is 7.16. The van der Waals surface area contributed by atoms with Crippen LogP contribution in [0, 0.1) is 12.3 Å². The van der Waals surface area contributed by atoms with Gasteiger partial charge in [0.15, 0.2) is 11.5 Å². The summed E-state index contributed by atoms with van der Waals surface area (Å²) >= 11 is 0. The Kier molecular flexibility index (Phi) is 2.31. The summed E-state index contributed by atoms with van der Waals surface area (Å²) in [6.45, 7) is 3.51. The van der Waals surface area contributed by atoms with Crippen LogP contribution in [0.3, 0.4) is 0 Å². The molecule has 2 saturated carbocycles. The van der Waals surface area contributed by atoms with Gasteiger partial charge in [-0.25, -0.2) is 4.79 Å². The summed E-state index contributed by atoms with van der Waals surface area (Å²) < 4.78 is 11.9. The van der Waals surface area contributed by atoms with Crippen molar-refractivity contribution in [2.75, 3.05) is 13.2 Å². The number of fused-ring (bicyclic) bond motifs is 1. The van der Waals surface area contributed by atoms with Crippen molar-refractivity contribution < 1.29 is 14.3 Å². The van der Waals surface area contributed by atoms with E-state index in [4.69, 9.17) is 9.47 Å². The number of aryl methyl sites for hydroxylation is 1. The van der Waals surface area contributed by atoms with E-state index in [1.54, 1.807) is 6.08 Å². The lowest BCUT2D eigenvalue weighted by Gasteiger charge is -2.16. The minimum absolute atomic E-state index is 0.241. The normalized spacial score (nSPS) is 23.6. The molecular weight excluding hydrogens is 254 g/mol. The van der Waals surface area contributed by atoms with E-state index >= 15 is 0 Å². The Hall–Kier alpha value is -1.80. The topological polar surface area (TPSA) is 47.9 Å². The fourth-order valence-electron chi connectivity index (χ4n) is 3.00. The van der Waals surface area contributed by atoms with E-state index < -0.39 is 0 Å². The maximum Gasteiger partial charge on any atom is 0.235 e. The van der Waals surface area contributed by atoms with Crippen LogP contribution in [0.1, 0.15) is 36.8 Å². The Morgan fingerprint density at radius 1 is 1.10 bits per heavy atom. The van der Waals surface area contributed by atoms with Gasteiger partial charge in [0.05, 0.1) is 18.8 Å². The summed E-state index contributed by atoms with van der Waals surface area (Å²) in [5.41, 5.74) is 2.07. The molecule has 104 valence electrons. The van der Waals surface area contributed by atoms with E-state index in [0.29, 0.717) is 0 Å². The molecule has 0 radical (unpaired) electrons. The summed E-state index contributed by atoms with van der Waals surface area (Å²) in [4.78, 5) is 14.6. The van der Waals surface area contributed by atoms with Crippen LogP contribution in [-0.2, 0) is 10.3 Å². The maximum atomic E-state index is 10.6. The smallest absolute Gasteiger partial charge is 0.235 e. The molecule has 0 saturated heterocycles. The number of hydrogen-bond acceptors (Lipinski definition) is 4. The van der Waals surface area contributed by atoms with Crippen molar-refractivity contribution in [3.63, 3.8) is 0 Å². The molecule has 0 amide bonds. The Morgan fingerprint density at radius 3 is 2.30 bits per heavy atom. The second-order valence-electron chi connectivity index (χ2n) is 6.43. The molecule has 3 aliphatic rings. The number of carbonyl (C=O) groups excluding carboxylic acids is 1. The molecule has 0 atom stereocenters. The molecule has 4 nitrogen and oxygen atoms in total. The van der Waals surface area contributed by atoms with Crippen LogP contribution in [0.4, 0.5) is 0 Å². The van der Waals surface area contributed by atoms with Gasteiger partial charge in [-0.3, -0.25) is 0 Å². The molecule has 2 aliphatic carbocycles. The van der Waals surface area contributed by atoms with Crippen molar-refractivity contribution in [3.05, 3.63) is 23.3 Å². The molecule has 4 rings (SSSR count). The quantitative estimate of drug-likeness (QED) is 0.614. The highest BCUT2D eigenvalue weighted by atomic mass is 16.5. The lowest BCUT2D eigenvalue weighted by Crippen LogP contribution is -2.17. The highest BCUT2D eigenvalue weighted by Gasteiger charge is 2.48. The van der Waals surface area contributed by atoms with Gasteiger partial charge in [0.2, 0.25) is 6.08 Å². The lowest BCUT2D eigenvalue weighted by atomic mass is 9.99. The molecule has 0 bridgehead atoms. The van der Waals surface area contributed by atoms with E-state index in [1.165, 1.54) is 12.8 Å². The first-order chi connectivity index (χ1) is 9.66. The van der Waals surface area contributed by atoms with E-state index in [2.05, 4.69) is 4.99 Å². The van der Waals surface area contributed by atoms with Gasteiger partial charge in [0, 0.05) is 5.41 Å². The molecule has 20 heavy (non-hydrogen) atoms. The van der Waals surface area contributed by atoms with Crippen molar-refractivity contribution in [1.82, 2.24) is 0 Å². The summed E-state index contributed by atoms with van der Waals surface area (Å²) in [7, 11) is 0. The number of benzene rings is 1. The minimum atomic E-state index is -0.353. The van der Waals surface area contributed by atoms with E-state index in [0.717, 1.165) is 48.7 Å². The summed E-state index contributed by atoms with van der Waals surface area (Å²) in [6.07, 6.45) is 5.91. The lowest BCUT2D eigenvalue weighted by molar-refractivity contribution is 0.197. The molecule has 0 N–H and O–H groups in total. The standard InChI is InChI=1S/C16H17NO3/c1-11-6-13-14(20-9-15(2-3-15)8-19-13)7-12(11)16(4-5-16)17-10-18/h6-7H,2-5,8-9H2,1H3. The fraction of sp³-hybridized carbons (Fsp3) is 0.562. The third-order valence-electron chi connectivity index (χ3n) is 4.80. The minimum Gasteiger partial charge on any atom is -0.489 e. The highest BCUT2D eigenvalue weighted by Crippen LogP contribution is 2.54. The predicted molar refractivity (Wildman–Crippen MR) is 72.9 cm³/mol. The first-order valence-corrected chi connectivity index (χ1v) is 7.16. The van der Waals surface area contributed by atoms with Gasteiger partial charge in [0.25, 0.3) is 0 Å².